The van der Waals surface area contributed by atoms with E-state index in [1.807, 2.05) is 0 Å². The fourth-order valence-electron chi connectivity index (χ4n) is 1.18. The molecule has 1 rings (SSSR count). The van der Waals surface area contributed by atoms with Gasteiger partial charge < -0.3 is 21.1 Å². The Morgan fingerprint density at radius 2 is 1.94 bits per heavy atom. The number of aliphatic hydroxyl groups is 2. The van der Waals surface area contributed by atoms with Crippen LogP contribution in [0.25, 0.3) is 0 Å². The van der Waals surface area contributed by atoms with Crippen molar-refractivity contribution in [3.63, 3.8) is 0 Å². The van der Waals surface area contributed by atoms with E-state index < -0.39 is 29.8 Å². The van der Waals surface area contributed by atoms with Crippen molar-refractivity contribution in [2.45, 2.75) is 12.2 Å². The highest BCUT2D eigenvalue weighted by Gasteiger charge is 2.28. The first-order valence-electron chi connectivity index (χ1n) is 4.39. The molecule has 1 aromatic rings. The minimum Gasteiger partial charge on any atom is -0.476 e. The van der Waals surface area contributed by atoms with Gasteiger partial charge in [-0.25, -0.2) is 9.78 Å². The minimum absolute atomic E-state index is 0.0908. The van der Waals surface area contributed by atoms with Gasteiger partial charge >= 0.3 is 5.97 Å². The lowest BCUT2D eigenvalue weighted by Gasteiger charge is -2.16. The number of primary amides is 1. The number of pyridine rings is 1. The van der Waals surface area contributed by atoms with Crippen LogP contribution < -0.4 is 5.73 Å². The Kier molecular flexibility index (Phi) is 4.00. The van der Waals surface area contributed by atoms with Crippen LogP contribution in [0, 0.1) is 0 Å². The Balaban J connectivity index is 3.21. The minimum atomic E-state index is -1.92. The maximum Gasteiger partial charge on any atom is 0.354 e. The highest BCUT2D eigenvalue weighted by molar-refractivity contribution is 6.29. The van der Waals surface area contributed by atoms with Crippen molar-refractivity contribution < 1.29 is 24.9 Å². The third-order valence-electron chi connectivity index (χ3n) is 2.00. The number of hydrogen-bond acceptors (Lipinski definition) is 5. The van der Waals surface area contributed by atoms with Crippen molar-refractivity contribution in [3.8, 4) is 0 Å². The molecule has 17 heavy (non-hydrogen) atoms. The number of carboxylic acids is 1. The van der Waals surface area contributed by atoms with E-state index in [2.05, 4.69) is 4.98 Å². The third-order valence-corrected chi connectivity index (χ3v) is 2.21. The van der Waals surface area contributed by atoms with Crippen molar-refractivity contribution in [3.05, 3.63) is 28.5 Å². The summed E-state index contributed by atoms with van der Waals surface area (Å²) < 4.78 is 0. The molecule has 1 aromatic heterocycles. The van der Waals surface area contributed by atoms with Gasteiger partial charge in [-0.05, 0) is 6.07 Å². The molecule has 2 unspecified atom stereocenters. The van der Waals surface area contributed by atoms with Crippen LogP contribution in [0.2, 0.25) is 5.15 Å². The molecule has 0 bridgehead atoms. The van der Waals surface area contributed by atoms with Crippen LogP contribution in [-0.2, 0) is 4.79 Å². The molecule has 1 amide bonds. The van der Waals surface area contributed by atoms with Crippen LogP contribution in [-0.4, -0.2) is 38.3 Å². The van der Waals surface area contributed by atoms with E-state index in [0.29, 0.717) is 0 Å². The summed E-state index contributed by atoms with van der Waals surface area (Å²) in [5.74, 6) is -2.62. The summed E-state index contributed by atoms with van der Waals surface area (Å²) in [6.45, 7) is 0. The molecule has 0 aromatic carbocycles. The highest BCUT2D eigenvalue weighted by Crippen LogP contribution is 2.22. The number of aromatic carboxylic acids is 1. The van der Waals surface area contributed by atoms with Crippen molar-refractivity contribution in [1.29, 1.82) is 0 Å². The molecule has 5 N–H and O–H groups in total. The van der Waals surface area contributed by atoms with Gasteiger partial charge in [-0.3, -0.25) is 4.79 Å². The number of rotatable bonds is 4. The molecule has 0 aliphatic heterocycles. The molecule has 1 heterocycles. The molecule has 0 aliphatic carbocycles. The number of amides is 1. The van der Waals surface area contributed by atoms with E-state index in [9.17, 15) is 19.8 Å². The maximum absolute atomic E-state index is 10.8. The lowest BCUT2D eigenvalue weighted by atomic mass is 10.0. The molecule has 0 saturated heterocycles. The molecule has 8 heteroatoms. The van der Waals surface area contributed by atoms with Crippen molar-refractivity contribution in [2.75, 3.05) is 0 Å². The zero-order chi connectivity index (χ0) is 13.2. The number of aliphatic hydroxyl groups excluding tert-OH is 2. The van der Waals surface area contributed by atoms with Crippen LogP contribution in [0.4, 0.5) is 0 Å². The molecule has 0 spiro atoms. The van der Waals surface area contributed by atoms with Gasteiger partial charge in [0.15, 0.2) is 11.8 Å². The van der Waals surface area contributed by atoms with Crippen LogP contribution in [0.3, 0.4) is 0 Å². The van der Waals surface area contributed by atoms with Crippen molar-refractivity contribution >= 4 is 23.5 Å². The van der Waals surface area contributed by atoms with Crippen molar-refractivity contribution in [1.82, 2.24) is 4.98 Å². The molecule has 0 saturated carbocycles. The van der Waals surface area contributed by atoms with Gasteiger partial charge in [0.25, 0.3) is 0 Å². The van der Waals surface area contributed by atoms with Gasteiger partial charge in [0.05, 0.1) is 0 Å². The molecular weight excluding hydrogens is 252 g/mol. The largest absolute Gasteiger partial charge is 0.476 e. The predicted molar refractivity (Wildman–Crippen MR) is 56.4 cm³/mol. The monoisotopic (exact) mass is 260 g/mol. The summed E-state index contributed by atoms with van der Waals surface area (Å²) in [5.41, 5.74) is 3.99. The van der Waals surface area contributed by atoms with Crippen LogP contribution >= 0.6 is 11.6 Å². The van der Waals surface area contributed by atoms with Gasteiger partial charge in [0.2, 0.25) is 5.91 Å². The smallest absolute Gasteiger partial charge is 0.354 e. The zero-order valence-corrected chi connectivity index (χ0v) is 9.13. The van der Waals surface area contributed by atoms with Gasteiger partial charge in [-0.1, -0.05) is 17.7 Å². The molecule has 2 atom stereocenters. The molecule has 92 valence electrons. The first kappa shape index (κ1) is 13.4. The number of halogens is 1. The molecule has 7 nitrogen and oxygen atoms in total. The second-order valence-corrected chi connectivity index (χ2v) is 3.56. The van der Waals surface area contributed by atoms with Gasteiger partial charge in [-0.2, -0.15) is 0 Å². The van der Waals surface area contributed by atoms with Gasteiger partial charge in [0, 0.05) is 5.56 Å². The summed E-state index contributed by atoms with van der Waals surface area (Å²) in [6.07, 6.45) is -3.69. The van der Waals surface area contributed by atoms with E-state index >= 15 is 0 Å². The summed E-state index contributed by atoms with van der Waals surface area (Å²) >= 11 is 5.50. The highest BCUT2D eigenvalue weighted by atomic mass is 35.5. The quantitative estimate of drug-likeness (QED) is 0.530. The first-order valence-corrected chi connectivity index (χ1v) is 4.77. The number of carbonyl (C=O) groups is 2. The Morgan fingerprint density at radius 1 is 1.35 bits per heavy atom. The number of carbonyl (C=O) groups excluding carboxylic acids is 1. The summed E-state index contributed by atoms with van der Waals surface area (Å²) in [4.78, 5) is 25.0. The van der Waals surface area contributed by atoms with Crippen molar-refractivity contribution in [2.24, 2.45) is 5.73 Å². The second-order valence-electron chi connectivity index (χ2n) is 3.17. The average Bonchev–Trinajstić information content (AvgIpc) is 2.26. The average molecular weight is 261 g/mol. The van der Waals surface area contributed by atoms with E-state index in [-0.39, 0.29) is 10.7 Å². The lowest BCUT2D eigenvalue weighted by Crippen LogP contribution is -2.34. The fraction of sp³-hybridized carbons (Fsp3) is 0.222. The number of aromatic nitrogens is 1. The van der Waals surface area contributed by atoms with E-state index in [4.69, 9.17) is 22.4 Å². The lowest BCUT2D eigenvalue weighted by molar-refractivity contribution is -0.132. The van der Waals surface area contributed by atoms with Gasteiger partial charge in [-0.15, -0.1) is 0 Å². The molecule has 0 radical (unpaired) electrons. The Hall–Kier alpha value is -1.70. The summed E-state index contributed by atoms with van der Waals surface area (Å²) in [5, 5.41) is 27.6. The van der Waals surface area contributed by atoms with Crippen LogP contribution in [0.5, 0.6) is 0 Å². The molecule has 0 fully saturated rings. The van der Waals surface area contributed by atoms with E-state index in [1.54, 1.807) is 0 Å². The first-order chi connectivity index (χ1) is 7.84. The SMILES string of the molecule is NC(=O)C(O)C(O)c1ccc(Cl)nc1C(=O)O. The molecular formula is C9H9ClN2O5. The predicted octanol–water partition coefficient (Wildman–Crippen LogP) is -0.687. The fourth-order valence-corrected chi connectivity index (χ4v) is 1.33. The van der Waals surface area contributed by atoms with Gasteiger partial charge in [0.1, 0.15) is 11.3 Å². The maximum atomic E-state index is 10.8. The summed E-state index contributed by atoms with van der Waals surface area (Å²) in [6, 6.07) is 2.37. The third kappa shape index (κ3) is 2.90. The number of nitrogens with two attached hydrogens (primary N) is 1. The number of carboxylic acid groups (broad SMARTS) is 1. The van der Waals surface area contributed by atoms with E-state index in [1.165, 1.54) is 6.07 Å². The zero-order valence-electron chi connectivity index (χ0n) is 8.37. The number of hydrogen-bond donors (Lipinski definition) is 4. The summed E-state index contributed by atoms with van der Waals surface area (Å²) in [7, 11) is 0. The standard InChI is InChI=1S/C9H9ClN2O5/c10-4-2-1-3(5(12-4)9(16)17)6(13)7(14)8(11)15/h1-2,6-7,13-14H,(H2,11,15)(H,16,17). The van der Waals surface area contributed by atoms with E-state index in [0.717, 1.165) is 6.07 Å². The van der Waals surface area contributed by atoms with Crippen LogP contribution in [0.15, 0.2) is 12.1 Å². The number of nitrogens with zero attached hydrogens (tertiary/aromatic N) is 1. The topological polar surface area (TPSA) is 134 Å². The van der Waals surface area contributed by atoms with Crippen LogP contribution in [0.1, 0.15) is 22.2 Å². The second kappa shape index (κ2) is 5.09. The molecule has 0 aliphatic rings. The normalized spacial score (nSPS) is 14.1. The Morgan fingerprint density at radius 3 is 2.41 bits per heavy atom. The Bertz CT molecular complexity index is 465. The Labute approximate surface area is 100 Å².